The molecule has 1 aromatic rings. The van der Waals surface area contributed by atoms with Crippen LogP contribution in [0.5, 0.6) is 5.75 Å². The van der Waals surface area contributed by atoms with E-state index in [2.05, 4.69) is 15.6 Å². The molecule has 0 aliphatic carbocycles. The van der Waals surface area contributed by atoms with Crippen LogP contribution < -0.4 is 15.4 Å². The summed E-state index contributed by atoms with van der Waals surface area (Å²) in [5.74, 6) is 0.546. The molecule has 0 bridgehead atoms. The summed E-state index contributed by atoms with van der Waals surface area (Å²) in [5, 5.41) is 6.47. The van der Waals surface area contributed by atoms with Gasteiger partial charge in [0.05, 0.1) is 39.0 Å². The Balaban J connectivity index is 1.82. The molecule has 2 rings (SSSR count). The number of hydrogen-bond acceptors (Lipinski definition) is 4. The van der Waals surface area contributed by atoms with Crippen molar-refractivity contribution in [2.45, 2.75) is 38.8 Å². The van der Waals surface area contributed by atoms with Gasteiger partial charge in [-0.25, -0.2) is 4.39 Å². The summed E-state index contributed by atoms with van der Waals surface area (Å²) in [4.78, 5) is 4.51. The molecule has 2 unspecified atom stereocenters. The second-order valence-electron chi connectivity index (χ2n) is 6.23. The van der Waals surface area contributed by atoms with E-state index in [1.165, 1.54) is 13.2 Å². The molecule has 1 saturated heterocycles. The Morgan fingerprint density at radius 2 is 2.31 bits per heavy atom. The van der Waals surface area contributed by atoms with E-state index in [9.17, 15) is 4.39 Å². The highest BCUT2D eigenvalue weighted by atomic mass is 19.1. The number of hydrogen-bond donors (Lipinski definition) is 2. The first-order valence-electron chi connectivity index (χ1n) is 9.21. The molecule has 26 heavy (non-hydrogen) atoms. The molecule has 1 aromatic carbocycles. The van der Waals surface area contributed by atoms with Gasteiger partial charge < -0.3 is 24.8 Å². The number of aliphatic imine (C=N–C) groups is 1. The summed E-state index contributed by atoms with van der Waals surface area (Å²) < 4.78 is 30.0. The first-order chi connectivity index (χ1) is 12.6. The van der Waals surface area contributed by atoms with E-state index >= 15 is 0 Å². The molecule has 0 spiro atoms. The van der Waals surface area contributed by atoms with Crippen LogP contribution in [0, 0.1) is 5.82 Å². The van der Waals surface area contributed by atoms with Crippen LogP contribution >= 0.6 is 0 Å². The van der Waals surface area contributed by atoms with Crippen LogP contribution in [0.2, 0.25) is 0 Å². The summed E-state index contributed by atoms with van der Waals surface area (Å²) in [6.07, 6.45) is 2.42. The fraction of sp³-hybridized carbons (Fsp3) is 0.632. The normalized spacial score (nSPS) is 18.6. The van der Waals surface area contributed by atoms with Gasteiger partial charge in [0.1, 0.15) is 0 Å². The monoisotopic (exact) mass is 367 g/mol. The highest BCUT2D eigenvalue weighted by Gasteiger charge is 2.15. The largest absolute Gasteiger partial charge is 0.494 e. The molecule has 1 heterocycles. The van der Waals surface area contributed by atoms with E-state index in [1.54, 1.807) is 6.07 Å². The minimum atomic E-state index is -0.372. The zero-order valence-electron chi connectivity index (χ0n) is 15.9. The number of rotatable bonds is 9. The lowest BCUT2D eigenvalue weighted by atomic mass is 10.1. The third kappa shape index (κ3) is 6.46. The number of nitrogens with zero attached hydrogens (tertiary/aromatic N) is 1. The average molecular weight is 367 g/mol. The summed E-state index contributed by atoms with van der Waals surface area (Å²) in [7, 11) is 1.45. The Labute approximate surface area is 155 Å². The molecular weight excluding hydrogens is 337 g/mol. The van der Waals surface area contributed by atoms with Crippen molar-refractivity contribution < 1.29 is 18.6 Å². The molecule has 6 nitrogen and oxygen atoms in total. The van der Waals surface area contributed by atoms with E-state index in [4.69, 9.17) is 14.2 Å². The summed E-state index contributed by atoms with van der Waals surface area (Å²) >= 11 is 0. The lowest BCUT2D eigenvalue weighted by Gasteiger charge is -2.19. The van der Waals surface area contributed by atoms with Crippen molar-refractivity contribution in [2.75, 3.05) is 40.0 Å². The van der Waals surface area contributed by atoms with Crippen molar-refractivity contribution in [3.05, 3.63) is 29.6 Å². The van der Waals surface area contributed by atoms with Crippen molar-refractivity contribution in [2.24, 2.45) is 4.99 Å². The maximum Gasteiger partial charge on any atom is 0.191 e. The van der Waals surface area contributed by atoms with Crippen LogP contribution in [0.25, 0.3) is 0 Å². The minimum Gasteiger partial charge on any atom is -0.494 e. The fourth-order valence-corrected chi connectivity index (χ4v) is 2.77. The van der Waals surface area contributed by atoms with Crippen LogP contribution in [0.1, 0.15) is 38.3 Å². The maximum absolute atomic E-state index is 13.9. The summed E-state index contributed by atoms with van der Waals surface area (Å²) in [6, 6.07) is 4.85. The molecule has 0 saturated carbocycles. The molecule has 0 radical (unpaired) electrons. The third-order valence-corrected chi connectivity index (χ3v) is 4.21. The van der Waals surface area contributed by atoms with Crippen molar-refractivity contribution in [3.8, 4) is 5.75 Å². The quantitative estimate of drug-likeness (QED) is 0.399. The van der Waals surface area contributed by atoms with Gasteiger partial charge in [0.15, 0.2) is 17.5 Å². The maximum atomic E-state index is 13.9. The van der Waals surface area contributed by atoms with Gasteiger partial charge in [0, 0.05) is 13.2 Å². The van der Waals surface area contributed by atoms with Crippen LogP contribution in [0.4, 0.5) is 4.39 Å². The lowest BCUT2D eigenvalue weighted by molar-refractivity contribution is 0.0200. The van der Waals surface area contributed by atoms with Crippen LogP contribution in [0.3, 0.4) is 0 Å². The molecular formula is C19H30FN3O3. The number of nitrogens with one attached hydrogen (secondary N) is 2. The van der Waals surface area contributed by atoms with E-state index in [-0.39, 0.29) is 23.7 Å². The highest BCUT2D eigenvalue weighted by Crippen LogP contribution is 2.21. The average Bonchev–Trinajstić information content (AvgIpc) is 3.14. The zero-order valence-corrected chi connectivity index (χ0v) is 15.9. The van der Waals surface area contributed by atoms with Crippen molar-refractivity contribution in [1.82, 2.24) is 10.6 Å². The SMILES string of the molecule is CCNC(=NCCOCC1CCCO1)NC(C)c1ccc(OC)c(F)c1. The van der Waals surface area contributed by atoms with Gasteiger partial charge >= 0.3 is 0 Å². The van der Waals surface area contributed by atoms with E-state index in [0.29, 0.717) is 25.7 Å². The fourth-order valence-electron chi connectivity index (χ4n) is 2.77. The number of methoxy groups -OCH3 is 1. The number of halogens is 1. The number of benzene rings is 1. The predicted octanol–water partition coefficient (Wildman–Crippen LogP) is 2.65. The topological polar surface area (TPSA) is 64.1 Å². The molecule has 7 heteroatoms. The van der Waals surface area contributed by atoms with E-state index in [0.717, 1.165) is 31.6 Å². The van der Waals surface area contributed by atoms with Crippen LogP contribution in [-0.2, 0) is 9.47 Å². The molecule has 0 aromatic heterocycles. The summed E-state index contributed by atoms with van der Waals surface area (Å²) in [6.45, 7) is 7.26. The van der Waals surface area contributed by atoms with Gasteiger partial charge in [-0.15, -0.1) is 0 Å². The van der Waals surface area contributed by atoms with Gasteiger partial charge in [-0.3, -0.25) is 4.99 Å². The third-order valence-electron chi connectivity index (χ3n) is 4.21. The second kappa shape index (κ2) is 11.0. The van der Waals surface area contributed by atoms with Crippen molar-refractivity contribution in [1.29, 1.82) is 0 Å². The second-order valence-corrected chi connectivity index (χ2v) is 6.23. The predicted molar refractivity (Wildman–Crippen MR) is 100 cm³/mol. The van der Waals surface area contributed by atoms with Gasteiger partial charge in [-0.05, 0) is 44.4 Å². The van der Waals surface area contributed by atoms with Gasteiger partial charge in [-0.2, -0.15) is 0 Å². The van der Waals surface area contributed by atoms with Gasteiger partial charge in [0.25, 0.3) is 0 Å². The smallest absolute Gasteiger partial charge is 0.191 e. The minimum absolute atomic E-state index is 0.0963. The van der Waals surface area contributed by atoms with E-state index in [1.807, 2.05) is 19.9 Å². The first kappa shape index (κ1) is 20.5. The van der Waals surface area contributed by atoms with Crippen molar-refractivity contribution in [3.63, 3.8) is 0 Å². The number of guanidine groups is 1. The van der Waals surface area contributed by atoms with Crippen molar-refractivity contribution >= 4 is 5.96 Å². The van der Waals surface area contributed by atoms with Gasteiger partial charge in [0.2, 0.25) is 0 Å². The molecule has 1 aliphatic heterocycles. The van der Waals surface area contributed by atoms with Crippen LogP contribution in [-0.4, -0.2) is 52.1 Å². The van der Waals surface area contributed by atoms with Gasteiger partial charge in [-0.1, -0.05) is 6.07 Å². The summed E-state index contributed by atoms with van der Waals surface area (Å²) in [5.41, 5.74) is 0.823. The Kier molecular flexibility index (Phi) is 8.64. The number of ether oxygens (including phenoxy) is 3. The molecule has 0 amide bonds. The van der Waals surface area contributed by atoms with E-state index < -0.39 is 0 Å². The standard InChI is InChI=1S/C19H30FN3O3/c1-4-21-19(22-9-11-25-13-16-6-5-10-26-16)23-14(2)15-7-8-18(24-3)17(20)12-15/h7-8,12,14,16H,4-6,9-11,13H2,1-3H3,(H2,21,22,23). The molecule has 1 fully saturated rings. The Bertz CT molecular complexity index is 577. The molecule has 146 valence electrons. The lowest BCUT2D eigenvalue weighted by Crippen LogP contribution is -2.39. The highest BCUT2D eigenvalue weighted by molar-refractivity contribution is 5.80. The Morgan fingerprint density at radius 1 is 1.46 bits per heavy atom. The molecule has 2 N–H and O–H groups in total. The Hall–Kier alpha value is -1.86. The Morgan fingerprint density at radius 3 is 2.96 bits per heavy atom. The van der Waals surface area contributed by atoms with Crippen LogP contribution in [0.15, 0.2) is 23.2 Å². The first-order valence-corrected chi connectivity index (χ1v) is 9.21. The molecule has 1 aliphatic rings. The molecule has 2 atom stereocenters. The zero-order chi connectivity index (χ0) is 18.8.